The predicted molar refractivity (Wildman–Crippen MR) is 104 cm³/mol. The van der Waals surface area contributed by atoms with E-state index in [2.05, 4.69) is 9.97 Å². The Balaban J connectivity index is 1.90. The summed E-state index contributed by atoms with van der Waals surface area (Å²) in [5.74, 6) is -0.628. The number of nitrogen functional groups attached to an aromatic ring is 1. The summed E-state index contributed by atoms with van der Waals surface area (Å²) in [6.45, 7) is 3.82. The number of carboxylic acid groups (broad SMARTS) is 1. The van der Waals surface area contributed by atoms with E-state index in [0.717, 1.165) is 11.1 Å². The van der Waals surface area contributed by atoms with Gasteiger partial charge < -0.3 is 15.6 Å². The number of hydrogen-bond donors (Lipinski definition) is 2. The largest absolute Gasteiger partial charge is 0.478 e. The molecule has 1 heterocycles. The summed E-state index contributed by atoms with van der Waals surface area (Å²) in [5, 5.41) is 9.61. The van der Waals surface area contributed by atoms with Crippen molar-refractivity contribution in [1.29, 1.82) is 0 Å². The number of ether oxygens (including phenoxy) is 1. The van der Waals surface area contributed by atoms with Crippen LogP contribution in [0.15, 0.2) is 48.7 Å². The number of aryl methyl sites for hydroxylation is 1. The number of rotatable bonds is 5. The van der Waals surface area contributed by atoms with Crippen molar-refractivity contribution in [3.8, 4) is 17.1 Å². The van der Waals surface area contributed by atoms with E-state index in [9.17, 15) is 4.79 Å². The van der Waals surface area contributed by atoms with Crippen LogP contribution < -0.4 is 10.5 Å². The quantitative estimate of drug-likeness (QED) is 0.671. The van der Waals surface area contributed by atoms with Crippen LogP contribution in [0.1, 0.15) is 34.5 Å². The number of hydrogen-bond acceptors (Lipinski definition) is 5. The summed E-state index contributed by atoms with van der Waals surface area (Å²) >= 11 is 6.30. The average Bonchev–Trinajstić information content (AvgIpc) is 2.63. The Hall–Kier alpha value is -3.12. The number of nitrogens with zero attached hydrogens (tertiary/aromatic N) is 2. The van der Waals surface area contributed by atoms with Gasteiger partial charge in [0.2, 0.25) is 0 Å². The van der Waals surface area contributed by atoms with E-state index in [1.165, 1.54) is 18.3 Å². The normalized spacial score (nSPS) is 11.8. The number of aromatic carboxylic acids is 1. The average molecular weight is 384 g/mol. The number of benzene rings is 2. The van der Waals surface area contributed by atoms with Gasteiger partial charge in [-0.3, -0.25) is 0 Å². The second kappa shape index (κ2) is 7.63. The summed E-state index contributed by atoms with van der Waals surface area (Å²) in [6, 6.07) is 12.0. The summed E-state index contributed by atoms with van der Waals surface area (Å²) in [5.41, 5.74) is 9.21. The maximum absolute atomic E-state index is 11.0. The molecule has 0 amide bonds. The zero-order valence-corrected chi connectivity index (χ0v) is 15.6. The van der Waals surface area contributed by atoms with Gasteiger partial charge in [-0.25, -0.2) is 14.8 Å². The number of carbonyl (C=O) groups is 1. The first-order chi connectivity index (χ1) is 12.9. The minimum atomic E-state index is -0.988. The minimum absolute atomic E-state index is 0.164. The molecule has 6 nitrogen and oxygen atoms in total. The van der Waals surface area contributed by atoms with Crippen molar-refractivity contribution in [3.05, 3.63) is 70.4 Å². The smallest absolute Gasteiger partial charge is 0.335 e. The third kappa shape index (κ3) is 4.01. The number of aromatic nitrogens is 2. The molecule has 0 fully saturated rings. The van der Waals surface area contributed by atoms with Gasteiger partial charge in [-0.15, -0.1) is 0 Å². The molecule has 3 N–H and O–H groups in total. The Kier molecular flexibility index (Phi) is 5.28. The molecule has 0 aliphatic rings. The first-order valence-electron chi connectivity index (χ1n) is 8.24. The Morgan fingerprint density at radius 1 is 1.22 bits per heavy atom. The van der Waals surface area contributed by atoms with Gasteiger partial charge in [0, 0.05) is 16.1 Å². The molecule has 3 aromatic rings. The second-order valence-electron chi connectivity index (χ2n) is 6.06. The number of halogens is 1. The molecule has 0 aliphatic heterocycles. The van der Waals surface area contributed by atoms with E-state index in [4.69, 9.17) is 27.2 Å². The molecular weight excluding hydrogens is 366 g/mol. The highest BCUT2D eigenvalue weighted by molar-refractivity contribution is 6.31. The predicted octanol–water partition coefficient (Wildman–Crippen LogP) is 4.53. The standard InChI is InChI=1S/C20H18ClN3O3/c1-11-4-3-5-15(21)17(11)12(2)27-19-18(22)23-10-16(24-19)13-6-8-14(9-7-13)20(25)26/h3-10,12H,1-2H3,(H2,22,23)(H,25,26). The molecule has 0 saturated heterocycles. The summed E-state index contributed by atoms with van der Waals surface area (Å²) in [4.78, 5) is 19.6. The van der Waals surface area contributed by atoms with Gasteiger partial charge in [0.15, 0.2) is 5.82 Å². The Morgan fingerprint density at radius 2 is 1.93 bits per heavy atom. The third-order valence-corrected chi connectivity index (χ3v) is 4.49. The van der Waals surface area contributed by atoms with Crippen molar-refractivity contribution in [2.75, 3.05) is 5.73 Å². The molecule has 0 spiro atoms. The van der Waals surface area contributed by atoms with E-state index >= 15 is 0 Å². The van der Waals surface area contributed by atoms with Crippen molar-refractivity contribution >= 4 is 23.4 Å². The highest BCUT2D eigenvalue weighted by atomic mass is 35.5. The van der Waals surface area contributed by atoms with Gasteiger partial charge in [-0.1, -0.05) is 35.9 Å². The van der Waals surface area contributed by atoms with Crippen molar-refractivity contribution in [3.63, 3.8) is 0 Å². The van der Waals surface area contributed by atoms with E-state index in [0.29, 0.717) is 16.3 Å². The fourth-order valence-corrected chi connectivity index (χ4v) is 3.15. The molecule has 27 heavy (non-hydrogen) atoms. The van der Waals surface area contributed by atoms with Crippen LogP contribution in [-0.2, 0) is 0 Å². The molecule has 2 aromatic carbocycles. The Bertz CT molecular complexity index is 970. The van der Waals surface area contributed by atoms with Crippen LogP contribution in [0, 0.1) is 6.92 Å². The molecule has 138 valence electrons. The van der Waals surface area contributed by atoms with E-state index < -0.39 is 5.97 Å². The zero-order valence-electron chi connectivity index (χ0n) is 14.8. The van der Waals surface area contributed by atoms with Gasteiger partial charge in [-0.05, 0) is 37.6 Å². The van der Waals surface area contributed by atoms with E-state index in [-0.39, 0.29) is 23.4 Å². The van der Waals surface area contributed by atoms with Crippen molar-refractivity contribution in [1.82, 2.24) is 9.97 Å². The topological polar surface area (TPSA) is 98.3 Å². The number of nitrogens with two attached hydrogens (primary N) is 1. The summed E-state index contributed by atoms with van der Waals surface area (Å²) in [6.07, 6.45) is 1.14. The molecule has 1 aromatic heterocycles. The van der Waals surface area contributed by atoms with Crippen LogP contribution in [0.3, 0.4) is 0 Å². The van der Waals surface area contributed by atoms with Gasteiger partial charge in [0.1, 0.15) is 6.10 Å². The molecule has 1 unspecified atom stereocenters. The van der Waals surface area contributed by atoms with Gasteiger partial charge in [-0.2, -0.15) is 0 Å². The molecular formula is C20H18ClN3O3. The molecule has 3 rings (SSSR count). The molecule has 1 atom stereocenters. The van der Waals surface area contributed by atoms with Gasteiger partial charge in [0.25, 0.3) is 5.88 Å². The van der Waals surface area contributed by atoms with E-state index in [1.54, 1.807) is 18.2 Å². The first-order valence-corrected chi connectivity index (χ1v) is 8.62. The zero-order chi connectivity index (χ0) is 19.6. The molecule has 0 aliphatic carbocycles. The van der Waals surface area contributed by atoms with Crippen LogP contribution in [0.2, 0.25) is 5.02 Å². The number of anilines is 1. The van der Waals surface area contributed by atoms with Crippen molar-refractivity contribution < 1.29 is 14.6 Å². The van der Waals surface area contributed by atoms with Crippen molar-refractivity contribution in [2.45, 2.75) is 20.0 Å². The maximum Gasteiger partial charge on any atom is 0.335 e. The molecule has 7 heteroatoms. The lowest BCUT2D eigenvalue weighted by atomic mass is 10.0. The lowest BCUT2D eigenvalue weighted by Crippen LogP contribution is -2.09. The highest BCUT2D eigenvalue weighted by Crippen LogP contribution is 2.32. The van der Waals surface area contributed by atoms with Crippen LogP contribution in [-0.4, -0.2) is 21.0 Å². The fourth-order valence-electron chi connectivity index (χ4n) is 2.78. The van der Waals surface area contributed by atoms with Crippen LogP contribution in [0.5, 0.6) is 5.88 Å². The Labute approximate surface area is 161 Å². The fraction of sp³-hybridized carbons (Fsp3) is 0.150. The summed E-state index contributed by atoms with van der Waals surface area (Å²) < 4.78 is 5.94. The van der Waals surface area contributed by atoms with Crippen LogP contribution in [0.4, 0.5) is 5.82 Å². The first kappa shape index (κ1) is 18.7. The molecule has 0 radical (unpaired) electrons. The lowest BCUT2D eigenvalue weighted by Gasteiger charge is -2.18. The van der Waals surface area contributed by atoms with E-state index in [1.807, 2.05) is 26.0 Å². The lowest BCUT2D eigenvalue weighted by molar-refractivity contribution is 0.0697. The second-order valence-corrected chi connectivity index (χ2v) is 6.47. The Morgan fingerprint density at radius 3 is 2.56 bits per heavy atom. The molecule has 0 saturated carbocycles. The number of carboxylic acids is 1. The monoisotopic (exact) mass is 383 g/mol. The minimum Gasteiger partial charge on any atom is -0.478 e. The van der Waals surface area contributed by atoms with Crippen molar-refractivity contribution in [2.24, 2.45) is 0 Å². The maximum atomic E-state index is 11.0. The third-order valence-electron chi connectivity index (χ3n) is 4.16. The van der Waals surface area contributed by atoms with Crippen LogP contribution in [0.25, 0.3) is 11.3 Å². The highest BCUT2D eigenvalue weighted by Gasteiger charge is 2.17. The summed E-state index contributed by atoms with van der Waals surface area (Å²) in [7, 11) is 0. The molecule has 0 bridgehead atoms. The SMILES string of the molecule is Cc1cccc(Cl)c1C(C)Oc1nc(-c2ccc(C(=O)O)cc2)cnc1N. The van der Waals surface area contributed by atoms with Gasteiger partial charge in [0.05, 0.1) is 17.5 Å². The van der Waals surface area contributed by atoms with Gasteiger partial charge >= 0.3 is 5.97 Å². The van der Waals surface area contributed by atoms with Crippen LogP contribution >= 0.6 is 11.6 Å².